The van der Waals surface area contributed by atoms with Gasteiger partial charge in [-0.25, -0.2) is 19.3 Å². The first-order chi connectivity index (χ1) is 17.3. The maximum atomic E-state index is 12.9. The van der Waals surface area contributed by atoms with Gasteiger partial charge in [0.2, 0.25) is 0 Å². The molecule has 37 heavy (non-hydrogen) atoms. The molecule has 0 radical (unpaired) electrons. The fourth-order valence-electron chi connectivity index (χ4n) is 3.73. The molecule has 1 aromatic carbocycles. The summed E-state index contributed by atoms with van der Waals surface area (Å²) in [6.45, 7) is 11.3. The molecule has 0 aliphatic carbocycles. The van der Waals surface area contributed by atoms with Crippen molar-refractivity contribution in [1.29, 1.82) is 0 Å². The summed E-state index contributed by atoms with van der Waals surface area (Å²) < 4.78 is 24.1. The predicted octanol–water partition coefficient (Wildman–Crippen LogP) is 5.56. The highest BCUT2D eigenvalue weighted by molar-refractivity contribution is 6.30. The Bertz CT molecular complexity index is 1360. The quantitative estimate of drug-likeness (QED) is 0.436. The number of ether oxygens (including phenoxy) is 4. The van der Waals surface area contributed by atoms with Gasteiger partial charge in [0, 0.05) is 24.4 Å². The smallest absolute Gasteiger partial charge is 0.415 e. The van der Waals surface area contributed by atoms with E-state index in [1.165, 1.54) is 18.2 Å². The van der Waals surface area contributed by atoms with Gasteiger partial charge in [0.25, 0.3) is 0 Å². The molecule has 0 spiro atoms. The third-order valence-electron chi connectivity index (χ3n) is 5.12. The summed E-state index contributed by atoms with van der Waals surface area (Å²) in [5, 5.41) is 8.04. The van der Waals surface area contributed by atoms with Crippen molar-refractivity contribution in [1.82, 2.24) is 14.8 Å². The number of halogens is 1. The number of pyridine rings is 1. The average Bonchev–Trinajstić information content (AvgIpc) is 3.12. The Morgan fingerprint density at radius 1 is 1.05 bits per heavy atom. The van der Waals surface area contributed by atoms with Gasteiger partial charge in [0.15, 0.2) is 5.82 Å². The van der Waals surface area contributed by atoms with E-state index in [9.17, 15) is 9.59 Å². The lowest BCUT2D eigenvalue weighted by Gasteiger charge is -2.32. The number of carbonyl (C=O) groups excluding carboxylic acids is 2. The lowest BCUT2D eigenvalue weighted by atomic mass is 10.2. The average molecular weight is 532 g/mol. The zero-order chi connectivity index (χ0) is 27.1. The van der Waals surface area contributed by atoms with Gasteiger partial charge in [-0.15, -0.1) is 5.10 Å². The molecule has 198 valence electrons. The van der Waals surface area contributed by atoms with Crippen molar-refractivity contribution in [2.24, 2.45) is 0 Å². The summed E-state index contributed by atoms with van der Waals surface area (Å²) in [6, 6.07) is 5.02. The number of hydrogen-bond acceptors (Lipinski definition) is 8. The van der Waals surface area contributed by atoms with E-state index in [0.29, 0.717) is 40.3 Å². The van der Waals surface area contributed by atoms with E-state index in [1.807, 2.05) is 20.8 Å². The fraction of sp³-hybridized carbons (Fsp3) is 0.440. The summed E-state index contributed by atoms with van der Waals surface area (Å²) in [5.74, 6) is 1.07. The van der Waals surface area contributed by atoms with Crippen LogP contribution in [0, 0.1) is 0 Å². The standard InChI is InChI=1S/C25H30ClN5O6/c1-24(2,3)36-22(32)28-21-14-13-27-20(26)12-15(14)31(29-21)17-11-19-16(10-18(17)34-7)30(8-9-35-19)23(33)37-25(4,5)6/h10-13H,8-9H2,1-7H3,(H,28,29,32). The molecule has 12 heteroatoms. The van der Waals surface area contributed by atoms with Crippen LogP contribution in [0.2, 0.25) is 5.15 Å². The molecule has 1 aliphatic rings. The number of benzene rings is 1. The minimum absolute atomic E-state index is 0.226. The fourth-order valence-corrected chi connectivity index (χ4v) is 3.88. The number of nitrogens with zero attached hydrogens (tertiary/aromatic N) is 4. The van der Waals surface area contributed by atoms with E-state index in [-0.39, 0.29) is 17.6 Å². The Kier molecular flexibility index (Phi) is 6.85. The summed E-state index contributed by atoms with van der Waals surface area (Å²) in [5.41, 5.74) is 0.215. The van der Waals surface area contributed by atoms with Crippen molar-refractivity contribution in [3.8, 4) is 17.2 Å². The molecule has 0 saturated heterocycles. The van der Waals surface area contributed by atoms with Crippen LogP contribution in [0.4, 0.5) is 21.1 Å². The molecule has 1 N–H and O–H groups in total. The highest BCUT2D eigenvalue weighted by atomic mass is 35.5. The normalized spacial score (nSPS) is 13.6. The molecule has 1 aliphatic heterocycles. The summed E-state index contributed by atoms with van der Waals surface area (Å²) in [7, 11) is 1.51. The topological polar surface area (TPSA) is 117 Å². The lowest BCUT2D eigenvalue weighted by Crippen LogP contribution is -2.41. The van der Waals surface area contributed by atoms with Crippen LogP contribution in [-0.4, -0.2) is 58.4 Å². The van der Waals surface area contributed by atoms with Gasteiger partial charge in [0.1, 0.15) is 40.1 Å². The van der Waals surface area contributed by atoms with Gasteiger partial charge in [-0.1, -0.05) is 11.6 Å². The third kappa shape index (κ3) is 5.82. The van der Waals surface area contributed by atoms with Gasteiger partial charge in [-0.2, -0.15) is 0 Å². The van der Waals surface area contributed by atoms with Crippen molar-refractivity contribution in [2.75, 3.05) is 30.5 Å². The second-order valence-electron chi connectivity index (χ2n) is 10.4. The van der Waals surface area contributed by atoms with E-state index in [4.69, 9.17) is 30.5 Å². The number of nitrogens with one attached hydrogen (secondary N) is 1. The van der Waals surface area contributed by atoms with Crippen LogP contribution >= 0.6 is 11.6 Å². The largest absolute Gasteiger partial charge is 0.494 e. The van der Waals surface area contributed by atoms with Crippen molar-refractivity contribution in [3.05, 3.63) is 29.5 Å². The van der Waals surface area contributed by atoms with Crippen LogP contribution in [0.3, 0.4) is 0 Å². The summed E-state index contributed by atoms with van der Waals surface area (Å²) >= 11 is 6.20. The zero-order valence-electron chi connectivity index (χ0n) is 21.8. The number of rotatable bonds is 3. The monoisotopic (exact) mass is 531 g/mol. The Hall–Kier alpha value is -3.73. The minimum atomic E-state index is -0.691. The van der Waals surface area contributed by atoms with Crippen LogP contribution in [0.25, 0.3) is 16.6 Å². The molecular formula is C25H30ClN5O6. The first-order valence-corrected chi connectivity index (χ1v) is 12.0. The maximum Gasteiger partial charge on any atom is 0.415 e. The number of aromatic nitrogens is 3. The van der Waals surface area contributed by atoms with Gasteiger partial charge in [-0.05, 0) is 41.5 Å². The number of amides is 2. The maximum absolute atomic E-state index is 12.9. The minimum Gasteiger partial charge on any atom is -0.494 e. The Balaban J connectivity index is 1.80. The van der Waals surface area contributed by atoms with Crippen LogP contribution in [0.15, 0.2) is 24.4 Å². The number of methoxy groups -OCH3 is 1. The van der Waals surface area contributed by atoms with Gasteiger partial charge >= 0.3 is 12.2 Å². The highest BCUT2D eigenvalue weighted by Crippen LogP contribution is 2.41. The van der Waals surface area contributed by atoms with Gasteiger partial charge in [0.05, 0.1) is 30.2 Å². The van der Waals surface area contributed by atoms with E-state index in [2.05, 4.69) is 15.4 Å². The van der Waals surface area contributed by atoms with Crippen molar-refractivity contribution >= 4 is 46.2 Å². The van der Waals surface area contributed by atoms with Crippen LogP contribution in [-0.2, 0) is 9.47 Å². The van der Waals surface area contributed by atoms with Crippen LogP contribution in [0.1, 0.15) is 41.5 Å². The molecule has 0 saturated carbocycles. The second-order valence-corrected chi connectivity index (χ2v) is 10.8. The molecule has 11 nitrogen and oxygen atoms in total. The predicted molar refractivity (Wildman–Crippen MR) is 139 cm³/mol. The van der Waals surface area contributed by atoms with E-state index < -0.39 is 23.4 Å². The molecule has 0 unspecified atom stereocenters. The molecule has 0 fully saturated rings. The van der Waals surface area contributed by atoms with Crippen LogP contribution < -0.4 is 19.7 Å². The Morgan fingerprint density at radius 2 is 1.76 bits per heavy atom. The summed E-state index contributed by atoms with van der Waals surface area (Å²) in [4.78, 5) is 31.0. The number of anilines is 2. The third-order valence-corrected chi connectivity index (χ3v) is 5.32. The first-order valence-electron chi connectivity index (χ1n) is 11.7. The molecule has 2 aromatic heterocycles. The van der Waals surface area contributed by atoms with Gasteiger partial charge in [-0.3, -0.25) is 10.2 Å². The molecule has 0 atom stereocenters. The van der Waals surface area contributed by atoms with E-state index in [1.54, 1.807) is 43.7 Å². The molecule has 3 aromatic rings. The zero-order valence-corrected chi connectivity index (χ0v) is 22.6. The van der Waals surface area contributed by atoms with Crippen LogP contribution in [0.5, 0.6) is 11.5 Å². The van der Waals surface area contributed by atoms with Crippen molar-refractivity contribution in [3.63, 3.8) is 0 Å². The van der Waals surface area contributed by atoms with Gasteiger partial charge < -0.3 is 18.9 Å². The number of fused-ring (bicyclic) bond motifs is 2. The summed E-state index contributed by atoms with van der Waals surface area (Å²) in [6.07, 6.45) is 0.361. The van der Waals surface area contributed by atoms with Crippen molar-refractivity contribution in [2.45, 2.75) is 52.7 Å². The first kappa shape index (κ1) is 26.3. The molecule has 2 amide bonds. The van der Waals surface area contributed by atoms with E-state index >= 15 is 0 Å². The Morgan fingerprint density at radius 3 is 2.41 bits per heavy atom. The Labute approximate surface area is 219 Å². The molecule has 3 heterocycles. The second kappa shape index (κ2) is 9.62. The molecule has 4 rings (SSSR count). The number of hydrogen-bond donors (Lipinski definition) is 1. The molecule has 0 bridgehead atoms. The highest BCUT2D eigenvalue weighted by Gasteiger charge is 2.30. The van der Waals surface area contributed by atoms with Crippen molar-refractivity contribution < 1.29 is 28.5 Å². The number of carbonyl (C=O) groups is 2. The lowest BCUT2D eigenvalue weighted by molar-refractivity contribution is 0.0566. The van der Waals surface area contributed by atoms with E-state index in [0.717, 1.165) is 0 Å². The SMILES string of the molecule is COc1cc2c(cc1-n1nc(NC(=O)OC(C)(C)C)c3cnc(Cl)cc31)OCCN2C(=O)OC(C)(C)C. The molecular weight excluding hydrogens is 502 g/mol.